The van der Waals surface area contributed by atoms with E-state index in [1.165, 1.54) is 0 Å². The van der Waals surface area contributed by atoms with Gasteiger partial charge in [-0.15, -0.1) is 10.2 Å². The van der Waals surface area contributed by atoms with Crippen LogP contribution in [-0.2, 0) is 0 Å². The van der Waals surface area contributed by atoms with Crippen molar-refractivity contribution < 1.29 is 5.11 Å². The Kier molecular flexibility index (Phi) is 3.14. The van der Waals surface area contributed by atoms with Gasteiger partial charge < -0.3 is 15.7 Å². The van der Waals surface area contributed by atoms with Crippen molar-refractivity contribution in [3.05, 3.63) is 43.1 Å². The van der Waals surface area contributed by atoms with Gasteiger partial charge in [0.15, 0.2) is 5.82 Å². The zero-order valence-corrected chi connectivity index (χ0v) is 10.0. The summed E-state index contributed by atoms with van der Waals surface area (Å²) in [6, 6.07) is 8.71. The van der Waals surface area contributed by atoms with Crippen LogP contribution < -0.4 is 10.6 Å². The standard InChI is InChI=1S/C13H14N4O/c1-3-17(2)11-8-10(15-16-13(11)14)9-6-4-5-7-12(9)18/h3-8,18H,1H2,2H3,(H2,14,16). The van der Waals surface area contributed by atoms with Crippen LogP contribution in [0.4, 0.5) is 11.5 Å². The number of phenols is 1. The van der Waals surface area contributed by atoms with Crippen LogP contribution in [0.5, 0.6) is 5.75 Å². The number of aromatic hydroxyl groups is 1. The van der Waals surface area contributed by atoms with Gasteiger partial charge in [0.25, 0.3) is 0 Å². The summed E-state index contributed by atoms with van der Waals surface area (Å²) in [5.74, 6) is 0.473. The van der Waals surface area contributed by atoms with Crippen molar-refractivity contribution >= 4 is 11.5 Å². The summed E-state index contributed by atoms with van der Waals surface area (Å²) in [4.78, 5) is 1.74. The molecule has 0 bridgehead atoms. The first-order chi connectivity index (χ1) is 8.63. The molecule has 0 radical (unpaired) electrons. The van der Waals surface area contributed by atoms with Crippen LogP contribution in [0.25, 0.3) is 11.3 Å². The van der Waals surface area contributed by atoms with Crippen molar-refractivity contribution in [2.45, 2.75) is 0 Å². The highest BCUT2D eigenvalue weighted by molar-refractivity contribution is 5.74. The number of benzene rings is 1. The van der Waals surface area contributed by atoms with Crippen LogP contribution in [0, 0.1) is 0 Å². The third-order valence-electron chi connectivity index (χ3n) is 2.64. The van der Waals surface area contributed by atoms with Gasteiger partial charge in [0.05, 0.1) is 11.4 Å². The van der Waals surface area contributed by atoms with Gasteiger partial charge in [-0.1, -0.05) is 18.7 Å². The van der Waals surface area contributed by atoms with Crippen LogP contribution in [0.15, 0.2) is 43.1 Å². The predicted octanol–water partition coefficient (Wildman–Crippen LogP) is 2.01. The zero-order chi connectivity index (χ0) is 13.1. The molecule has 0 fully saturated rings. The number of para-hydroxylation sites is 1. The number of aromatic nitrogens is 2. The molecular weight excluding hydrogens is 228 g/mol. The van der Waals surface area contributed by atoms with Crippen molar-refractivity contribution in [3.63, 3.8) is 0 Å². The lowest BCUT2D eigenvalue weighted by Gasteiger charge is -2.15. The molecule has 18 heavy (non-hydrogen) atoms. The minimum atomic E-state index is 0.156. The maximum Gasteiger partial charge on any atom is 0.170 e. The molecule has 2 aromatic rings. The van der Waals surface area contributed by atoms with Gasteiger partial charge in [0.2, 0.25) is 0 Å². The van der Waals surface area contributed by atoms with Crippen molar-refractivity contribution in [3.8, 4) is 17.0 Å². The van der Waals surface area contributed by atoms with Crippen molar-refractivity contribution in [2.24, 2.45) is 0 Å². The number of rotatable bonds is 3. The number of nitrogens with two attached hydrogens (primary N) is 1. The molecule has 5 nitrogen and oxygen atoms in total. The topological polar surface area (TPSA) is 75.3 Å². The number of hydrogen-bond acceptors (Lipinski definition) is 5. The number of nitrogens with zero attached hydrogens (tertiary/aromatic N) is 3. The summed E-state index contributed by atoms with van der Waals surface area (Å²) < 4.78 is 0. The second-order valence-corrected chi connectivity index (χ2v) is 3.81. The first-order valence-electron chi connectivity index (χ1n) is 5.40. The highest BCUT2D eigenvalue weighted by atomic mass is 16.3. The van der Waals surface area contributed by atoms with E-state index in [4.69, 9.17) is 5.73 Å². The van der Waals surface area contributed by atoms with E-state index >= 15 is 0 Å². The Bertz CT molecular complexity index is 583. The fraction of sp³-hybridized carbons (Fsp3) is 0.0769. The second kappa shape index (κ2) is 4.75. The van der Waals surface area contributed by atoms with Crippen molar-refractivity contribution in [1.29, 1.82) is 0 Å². The Balaban J connectivity index is 2.54. The Hall–Kier alpha value is -2.56. The fourth-order valence-corrected chi connectivity index (χ4v) is 1.59. The van der Waals surface area contributed by atoms with Crippen LogP contribution in [0.1, 0.15) is 0 Å². The molecule has 3 N–H and O–H groups in total. The van der Waals surface area contributed by atoms with E-state index in [0.717, 1.165) is 0 Å². The minimum Gasteiger partial charge on any atom is -0.507 e. The van der Waals surface area contributed by atoms with Gasteiger partial charge in [0, 0.05) is 12.6 Å². The van der Waals surface area contributed by atoms with Gasteiger partial charge in [0.1, 0.15) is 5.75 Å². The summed E-state index contributed by atoms with van der Waals surface area (Å²) in [6.07, 6.45) is 1.63. The monoisotopic (exact) mass is 242 g/mol. The fourth-order valence-electron chi connectivity index (χ4n) is 1.59. The Morgan fingerprint density at radius 1 is 1.33 bits per heavy atom. The first kappa shape index (κ1) is 11.9. The summed E-state index contributed by atoms with van der Waals surface area (Å²) >= 11 is 0. The third-order valence-corrected chi connectivity index (χ3v) is 2.64. The van der Waals surface area contributed by atoms with Crippen LogP contribution in [-0.4, -0.2) is 22.4 Å². The van der Waals surface area contributed by atoms with Crippen molar-refractivity contribution in [1.82, 2.24) is 10.2 Å². The molecule has 1 aromatic carbocycles. The quantitative estimate of drug-likeness (QED) is 0.861. The Morgan fingerprint density at radius 3 is 2.72 bits per heavy atom. The number of nitrogen functional groups attached to an aromatic ring is 1. The summed E-state index contributed by atoms with van der Waals surface area (Å²) in [6.45, 7) is 3.67. The molecule has 0 saturated carbocycles. The molecule has 0 aliphatic rings. The molecule has 0 unspecified atom stereocenters. The number of anilines is 2. The van der Waals surface area contributed by atoms with Crippen molar-refractivity contribution in [2.75, 3.05) is 17.7 Å². The van der Waals surface area contributed by atoms with Gasteiger partial charge in [-0.05, 0) is 24.4 Å². The predicted molar refractivity (Wildman–Crippen MR) is 72.1 cm³/mol. The average Bonchev–Trinajstić information content (AvgIpc) is 2.39. The van der Waals surface area contributed by atoms with E-state index in [1.54, 1.807) is 35.4 Å². The van der Waals surface area contributed by atoms with E-state index in [0.29, 0.717) is 22.8 Å². The van der Waals surface area contributed by atoms with Gasteiger partial charge in [-0.25, -0.2) is 0 Å². The summed E-state index contributed by atoms with van der Waals surface area (Å²) in [7, 11) is 1.81. The maximum absolute atomic E-state index is 9.79. The summed E-state index contributed by atoms with van der Waals surface area (Å²) in [5, 5.41) is 17.7. The van der Waals surface area contributed by atoms with Crippen LogP contribution in [0.3, 0.4) is 0 Å². The second-order valence-electron chi connectivity index (χ2n) is 3.81. The van der Waals surface area contributed by atoms with Gasteiger partial charge in [-0.3, -0.25) is 0 Å². The van der Waals surface area contributed by atoms with E-state index in [-0.39, 0.29) is 5.75 Å². The third kappa shape index (κ3) is 2.10. The van der Waals surface area contributed by atoms with E-state index in [2.05, 4.69) is 16.8 Å². The lowest BCUT2D eigenvalue weighted by Crippen LogP contribution is -2.11. The average molecular weight is 242 g/mol. The zero-order valence-electron chi connectivity index (χ0n) is 10.0. The molecule has 1 heterocycles. The molecule has 2 rings (SSSR count). The molecule has 92 valence electrons. The molecule has 1 aromatic heterocycles. The smallest absolute Gasteiger partial charge is 0.170 e. The number of hydrogen-bond donors (Lipinski definition) is 2. The van der Waals surface area contributed by atoms with Crippen LogP contribution >= 0.6 is 0 Å². The highest BCUT2D eigenvalue weighted by Crippen LogP contribution is 2.30. The molecular formula is C13H14N4O. The lowest BCUT2D eigenvalue weighted by atomic mass is 10.1. The van der Waals surface area contributed by atoms with E-state index in [1.807, 2.05) is 13.1 Å². The Labute approximate surface area is 105 Å². The largest absolute Gasteiger partial charge is 0.507 e. The molecule has 0 spiro atoms. The summed E-state index contributed by atoms with van der Waals surface area (Å²) in [5.41, 5.74) is 7.62. The van der Waals surface area contributed by atoms with Crippen LogP contribution in [0.2, 0.25) is 0 Å². The molecule has 0 aliphatic carbocycles. The normalized spacial score (nSPS) is 10.1. The number of phenolic OH excluding ortho intramolecular Hbond substituents is 1. The Morgan fingerprint density at radius 2 is 2.06 bits per heavy atom. The van der Waals surface area contributed by atoms with Gasteiger partial charge >= 0.3 is 0 Å². The van der Waals surface area contributed by atoms with E-state index < -0.39 is 0 Å². The molecule has 0 aliphatic heterocycles. The van der Waals surface area contributed by atoms with Gasteiger partial charge in [-0.2, -0.15) is 0 Å². The van der Waals surface area contributed by atoms with E-state index in [9.17, 15) is 5.11 Å². The molecule has 5 heteroatoms. The highest BCUT2D eigenvalue weighted by Gasteiger charge is 2.10. The maximum atomic E-state index is 9.79. The molecule has 0 atom stereocenters. The lowest BCUT2D eigenvalue weighted by molar-refractivity contribution is 0.477. The first-order valence-corrected chi connectivity index (χ1v) is 5.40. The molecule has 0 amide bonds. The SMILES string of the molecule is C=CN(C)c1cc(-c2ccccc2O)nnc1N. The minimum absolute atomic E-state index is 0.156. The molecule has 0 saturated heterocycles.